The number of carbonyl (C=O) groups excluding carboxylic acids is 2. The maximum absolute atomic E-state index is 12.5. The Bertz CT molecular complexity index is 1020. The number of anilines is 3. The Balaban J connectivity index is 1.85. The van der Waals surface area contributed by atoms with Crippen molar-refractivity contribution in [2.24, 2.45) is 0 Å². The number of carboxylic acids is 1. The molecule has 0 bridgehead atoms. The Hall–Kier alpha value is -3.03. The van der Waals surface area contributed by atoms with Crippen molar-refractivity contribution in [1.29, 1.82) is 0 Å². The molecule has 29 heavy (non-hydrogen) atoms. The first-order valence-electron chi connectivity index (χ1n) is 8.61. The van der Waals surface area contributed by atoms with Crippen molar-refractivity contribution >= 4 is 63.6 Å². The lowest BCUT2D eigenvalue weighted by atomic mass is 9.92. The number of carbonyl (C=O) groups is 3. The number of amides is 2. The highest BCUT2D eigenvalue weighted by Crippen LogP contribution is 2.40. The molecule has 7 nitrogen and oxygen atoms in total. The highest BCUT2D eigenvalue weighted by molar-refractivity contribution is 6.36. The standard InChI is InChI=1S/C20H17Cl2N3O4/c1-10(26)23-13-2-4-14(5-3-13)24-18(27)7-11-6-17(20(28)29)25-16-9-12(21)8-15(22)19(11)16/h2-5,7-9,17,25H,6H2,1H3,(H,23,26)(H,24,27)(H,28,29)/b11-7+/t17-/m1/s1. The van der Waals surface area contributed by atoms with Gasteiger partial charge >= 0.3 is 5.97 Å². The normalized spacial score (nSPS) is 16.5. The fraction of sp³-hybridized carbons (Fsp3) is 0.150. The summed E-state index contributed by atoms with van der Waals surface area (Å²) in [4.78, 5) is 35.1. The first-order valence-corrected chi connectivity index (χ1v) is 9.36. The Kier molecular flexibility index (Phi) is 6.10. The van der Waals surface area contributed by atoms with Crippen LogP contribution in [0.4, 0.5) is 17.1 Å². The van der Waals surface area contributed by atoms with Crippen LogP contribution in [0.15, 0.2) is 42.5 Å². The third-order valence-corrected chi connectivity index (χ3v) is 4.72. The van der Waals surface area contributed by atoms with Crippen LogP contribution in [-0.4, -0.2) is 28.9 Å². The molecule has 2 aromatic carbocycles. The summed E-state index contributed by atoms with van der Waals surface area (Å²) in [5.74, 6) is -1.68. The smallest absolute Gasteiger partial charge is 0.326 e. The van der Waals surface area contributed by atoms with E-state index >= 15 is 0 Å². The lowest BCUT2D eigenvalue weighted by molar-refractivity contribution is -0.137. The van der Waals surface area contributed by atoms with E-state index in [1.807, 2.05) is 0 Å². The summed E-state index contributed by atoms with van der Waals surface area (Å²) in [6.07, 6.45) is 1.41. The fourth-order valence-electron chi connectivity index (χ4n) is 3.03. The lowest BCUT2D eigenvalue weighted by Crippen LogP contribution is -2.33. The first-order chi connectivity index (χ1) is 13.7. The van der Waals surface area contributed by atoms with E-state index in [4.69, 9.17) is 23.2 Å². The van der Waals surface area contributed by atoms with E-state index in [1.165, 1.54) is 19.1 Å². The minimum Gasteiger partial charge on any atom is -0.480 e. The van der Waals surface area contributed by atoms with Crippen molar-refractivity contribution in [1.82, 2.24) is 0 Å². The zero-order valence-electron chi connectivity index (χ0n) is 15.3. The van der Waals surface area contributed by atoms with Gasteiger partial charge < -0.3 is 21.1 Å². The number of carboxylic acid groups (broad SMARTS) is 1. The number of fused-ring (bicyclic) bond motifs is 1. The van der Waals surface area contributed by atoms with E-state index < -0.39 is 17.9 Å². The van der Waals surface area contributed by atoms with Gasteiger partial charge in [-0.2, -0.15) is 0 Å². The van der Waals surface area contributed by atoms with Gasteiger partial charge in [0.2, 0.25) is 11.8 Å². The van der Waals surface area contributed by atoms with Gasteiger partial charge in [0, 0.05) is 47.1 Å². The van der Waals surface area contributed by atoms with Crippen molar-refractivity contribution in [3.8, 4) is 0 Å². The van der Waals surface area contributed by atoms with Crippen LogP contribution in [0.3, 0.4) is 0 Å². The summed E-state index contributed by atoms with van der Waals surface area (Å²) >= 11 is 12.3. The average Bonchev–Trinajstić information content (AvgIpc) is 2.61. The Morgan fingerprint density at radius 3 is 2.31 bits per heavy atom. The van der Waals surface area contributed by atoms with Crippen LogP contribution in [0.5, 0.6) is 0 Å². The minimum absolute atomic E-state index is 0.0819. The molecule has 2 amide bonds. The molecular weight excluding hydrogens is 417 g/mol. The van der Waals surface area contributed by atoms with E-state index in [2.05, 4.69) is 16.0 Å². The second-order valence-corrected chi connectivity index (χ2v) is 7.31. The zero-order chi connectivity index (χ0) is 21.1. The SMILES string of the molecule is CC(=O)Nc1ccc(NC(=O)/C=C2\C[C@H](C(=O)O)Nc3cc(Cl)cc(Cl)c32)cc1. The van der Waals surface area contributed by atoms with Crippen molar-refractivity contribution in [2.75, 3.05) is 16.0 Å². The molecule has 0 unspecified atom stereocenters. The quantitative estimate of drug-likeness (QED) is 0.539. The molecule has 0 radical (unpaired) electrons. The number of rotatable bonds is 4. The van der Waals surface area contributed by atoms with Gasteiger partial charge in [-0.1, -0.05) is 23.2 Å². The van der Waals surface area contributed by atoms with Gasteiger partial charge in [0.25, 0.3) is 0 Å². The van der Waals surface area contributed by atoms with Gasteiger partial charge in [-0.3, -0.25) is 9.59 Å². The second kappa shape index (κ2) is 8.55. The van der Waals surface area contributed by atoms with Crippen molar-refractivity contribution in [3.05, 3.63) is 58.1 Å². The molecule has 0 saturated carbocycles. The van der Waals surface area contributed by atoms with Crippen molar-refractivity contribution in [3.63, 3.8) is 0 Å². The van der Waals surface area contributed by atoms with Gasteiger partial charge in [0.1, 0.15) is 6.04 Å². The van der Waals surface area contributed by atoms with E-state index in [0.29, 0.717) is 38.2 Å². The van der Waals surface area contributed by atoms with E-state index in [-0.39, 0.29) is 12.3 Å². The maximum Gasteiger partial charge on any atom is 0.326 e. The predicted molar refractivity (Wildman–Crippen MR) is 113 cm³/mol. The molecule has 0 aromatic heterocycles. The Morgan fingerprint density at radius 2 is 1.72 bits per heavy atom. The average molecular weight is 434 g/mol. The van der Waals surface area contributed by atoms with Crippen LogP contribution in [0, 0.1) is 0 Å². The number of nitrogens with one attached hydrogen (secondary N) is 3. The fourth-order valence-corrected chi connectivity index (χ4v) is 3.65. The van der Waals surface area contributed by atoms with Crippen LogP contribution in [0.25, 0.3) is 5.57 Å². The number of hydrogen-bond acceptors (Lipinski definition) is 4. The molecule has 0 saturated heterocycles. The third kappa shape index (κ3) is 5.07. The van der Waals surface area contributed by atoms with Crippen LogP contribution >= 0.6 is 23.2 Å². The van der Waals surface area contributed by atoms with Crippen LogP contribution in [0.1, 0.15) is 18.9 Å². The van der Waals surface area contributed by atoms with Gasteiger partial charge in [-0.15, -0.1) is 0 Å². The second-order valence-electron chi connectivity index (χ2n) is 6.47. The third-order valence-electron chi connectivity index (χ3n) is 4.21. The molecule has 150 valence electrons. The van der Waals surface area contributed by atoms with E-state index in [9.17, 15) is 19.5 Å². The monoisotopic (exact) mass is 433 g/mol. The molecule has 1 atom stereocenters. The molecule has 0 aliphatic carbocycles. The molecule has 1 heterocycles. The van der Waals surface area contributed by atoms with Gasteiger partial charge in [-0.05, 0) is 42.0 Å². The summed E-state index contributed by atoms with van der Waals surface area (Å²) in [5.41, 5.74) is 2.62. The van der Waals surface area contributed by atoms with Gasteiger partial charge in [-0.25, -0.2) is 4.79 Å². The topological polar surface area (TPSA) is 108 Å². The first kappa shape index (κ1) is 20.7. The summed E-state index contributed by atoms with van der Waals surface area (Å²) in [7, 11) is 0. The van der Waals surface area contributed by atoms with E-state index in [0.717, 1.165) is 0 Å². The lowest BCUT2D eigenvalue weighted by Gasteiger charge is -2.27. The molecule has 0 spiro atoms. The number of halogens is 2. The largest absolute Gasteiger partial charge is 0.480 e. The number of hydrogen-bond donors (Lipinski definition) is 4. The highest BCUT2D eigenvalue weighted by Gasteiger charge is 2.29. The Morgan fingerprint density at radius 1 is 1.10 bits per heavy atom. The minimum atomic E-state index is -1.05. The number of benzene rings is 2. The summed E-state index contributed by atoms with van der Waals surface area (Å²) < 4.78 is 0. The maximum atomic E-state index is 12.5. The van der Waals surface area contributed by atoms with Crippen molar-refractivity contribution in [2.45, 2.75) is 19.4 Å². The molecule has 0 fully saturated rings. The molecule has 1 aliphatic rings. The molecule has 4 N–H and O–H groups in total. The summed E-state index contributed by atoms with van der Waals surface area (Å²) in [6, 6.07) is 8.80. The molecule has 3 rings (SSSR count). The van der Waals surface area contributed by atoms with E-state index in [1.54, 1.807) is 30.3 Å². The zero-order valence-corrected chi connectivity index (χ0v) is 16.8. The number of aliphatic carboxylic acids is 1. The summed E-state index contributed by atoms with van der Waals surface area (Å²) in [6.45, 7) is 1.40. The predicted octanol–water partition coefficient (Wildman–Crippen LogP) is 4.24. The molecule has 2 aromatic rings. The van der Waals surface area contributed by atoms with Crippen LogP contribution in [-0.2, 0) is 14.4 Å². The van der Waals surface area contributed by atoms with Crippen LogP contribution in [0.2, 0.25) is 10.0 Å². The van der Waals surface area contributed by atoms with Crippen LogP contribution < -0.4 is 16.0 Å². The van der Waals surface area contributed by atoms with Gasteiger partial charge in [0.05, 0.1) is 5.02 Å². The molecule has 9 heteroatoms. The van der Waals surface area contributed by atoms with Crippen molar-refractivity contribution < 1.29 is 19.5 Å². The molecule has 1 aliphatic heterocycles. The highest BCUT2D eigenvalue weighted by atomic mass is 35.5. The Labute approximate surface area is 176 Å². The summed E-state index contributed by atoms with van der Waals surface area (Å²) in [5, 5.41) is 18.3. The van der Waals surface area contributed by atoms with Gasteiger partial charge in [0.15, 0.2) is 0 Å². The molecular formula is C20H17Cl2N3O4.